The highest BCUT2D eigenvalue weighted by Crippen LogP contribution is 1.85. The molecule has 10 heavy (non-hydrogen) atoms. The van der Waals surface area contributed by atoms with Gasteiger partial charge in [0.2, 0.25) is 0 Å². The average molecular weight is 155 g/mol. The fraction of sp³-hybridized carbons (Fsp3) is 0.375. The van der Waals surface area contributed by atoms with Crippen LogP contribution in [0.2, 0.25) is 0 Å². The fourth-order valence-corrected chi connectivity index (χ4v) is 0.610. The molecule has 1 nitrogen and oxygen atoms in total. The van der Waals surface area contributed by atoms with Gasteiger partial charge in [-0.3, -0.25) is 0 Å². The second-order valence-corrected chi connectivity index (χ2v) is 2.67. The van der Waals surface area contributed by atoms with Crippen molar-refractivity contribution in [3.63, 3.8) is 0 Å². The fourth-order valence-electron chi connectivity index (χ4n) is 0.415. The Bertz CT molecular complexity index is 164. The molecule has 0 aromatic rings. The van der Waals surface area contributed by atoms with Gasteiger partial charge in [-0.05, 0) is 26.8 Å². The van der Waals surface area contributed by atoms with Crippen LogP contribution in [0.1, 0.15) is 20.8 Å². The molecule has 1 N–H and O–H groups in total. The lowest BCUT2D eigenvalue weighted by Gasteiger charge is -1.95. The highest BCUT2D eigenvalue weighted by atomic mass is 32.1. The molecule has 0 fully saturated rings. The van der Waals surface area contributed by atoms with Crippen molar-refractivity contribution in [2.45, 2.75) is 20.8 Å². The SMILES string of the molecule is C/C=C\C(=S)NC=C(C)C. The normalized spacial score (nSPS) is 9.50. The van der Waals surface area contributed by atoms with Crippen LogP contribution in [0.5, 0.6) is 0 Å². The molecule has 0 saturated carbocycles. The van der Waals surface area contributed by atoms with E-state index in [1.165, 1.54) is 5.57 Å². The van der Waals surface area contributed by atoms with Crippen molar-refractivity contribution in [1.82, 2.24) is 5.32 Å². The Morgan fingerprint density at radius 1 is 1.40 bits per heavy atom. The second-order valence-electron chi connectivity index (χ2n) is 2.23. The third-order valence-electron chi connectivity index (χ3n) is 0.821. The van der Waals surface area contributed by atoms with Crippen LogP contribution in [0.15, 0.2) is 23.9 Å². The molecule has 0 radical (unpaired) electrons. The summed E-state index contributed by atoms with van der Waals surface area (Å²) < 4.78 is 0. The van der Waals surface area contributed by atoms with Gasteiger partial charge in [0.25, 0.3) is 0 Å². The van der Waals surface area contributed by atoms with E-state index >= 15 is 0 Å². The lowest BCUT2D eigenvalue weighted by Crippen LogP contribution is -2.11. The summed E-state index contributed by atoms with van der Waals surface area (Å²) in [4.78, 5) is 0.753. The van der Waals surface area contributed by atoms with Crippen molar-refractivity contribution in [3.8, 4) is 0 Å². The number of rotatable bonds is 2. The van der Waals surface area contributed by atoms with Crippen LogP contribution < -0.4 is 5.32 Å². The van der Waals surface area contributed by atoms with E-state index in [0.717, 1.165) is 4.99 Å². The van der Waals surface area contributed by atoms with Crippen LogP contribution >= 0.6 is 12.2 Å². The summed E-state index contributed by atoms with van der Waals surface area (Å²) in [6.07, 6.45) is 5.66. The lowest BCUT2D eigenvalue weighted by atomic mass is 10.4. The molecule has 0 spiro atoms. The zero-order valence-corrected chi connectivity index (χ0v) is 7.46. The number of nitrogens with one attached hydrogen (secondary N) is 1. The summed E-state index contributed by atoms with van der Waals surface area (Å²) >= 11 is 4.93. The minimum atomic E-state index is 0.753. The molecule has 0 bridgehead atoms. The van der Waals surface area contributed by atoms with Gasteiger partial charge in [-0.25, -0.2) is 0 Å². The van der Waals surface area contributed by atoms with Gasteiger partial charge in [-0.1, -0.05) is 23.9 Å². The molecule has 0 aliphatic heterocycles. The zero-order chi connectivity index (χ0) is 7.98. The van der Waals surface area contributed by atoms with Gasteiger partial charge in [0.05, 0.1) is 0 Å². The van der Waals surface area contributed by atoms with Gasteiger partial charge >= 0.3 is 0 Å². The highest BCUT2D eigenvalue weighted by Gasteiger charge is 1.82. The summed E-state index contributed by atoms with van der Waals surface area (Å²) in [7, 11) is 0. The first-order valence-corrected chi connectivity index (χ1v) is 3.64. The Labute approximate surface area is 67.8 Å². The van der Waals surface area contributed by atoms with E-state index < -0.39 is 0 Å². The maximum absolute atomic E-state index is 4.93. The number of allylic oxidation sites excluding steroid dienone is 2. The number of hydrogen-bond donors (Lipinski definition) is 1. The molecule has 0 aliphatic carbocycles. The quantitative estimate of drug-likeness (QED) is 0.485. The molecule has 0 amide bonds. The van der Waals surface area contributed by atoms with Crippen LogP contribution in [0.3, 0.4) is 0 Å². The van der Waals surface area contributed by atoms with Crippen molar-refractivity contribution in [2.75, 3.05) is 0 Å². The van der Waals surface area contributed by atoms with Gasteiger partial charge in [0.15, 0.2) is 0 Å². The molecule has 0 unspecified atom stereocenters. The molecular weight excluding hydrogens is 142 g/mol. The number of hydrogen-bond acceptors (Lipinski definition) is 1. The third kappa shape index (κ3) is 5.51. The van der Waals surface area contributed by atoms with Crippen LogP contribution in [-0.2, 0) is 0 Å². The molecule has 0 aliphatic rings. The lowest BCUT2D eigenvalue weighted by molar-refractivity contribution is 1.23. The van der Waals surface area contributed by atoms with E-state index in [2.05, 4.69) is 5.32 Å². The Balaban J connectivity index is 3.71. The van der Waals surface area contributed by atoms with Gasteiger partial charge < -0.3 is 5.32 Å². The summed E-state index contributed by atoms with van der Waals surface area (Å²) in [6, 6.07) is 0. The molecule has 0 aromatic heterocycles. The summed E-state index contributed by atoms with van der Waals surface area (Å²) in [5.41, 5.74) is 1.21. The average Bonchev–Trinajstić information content (AvgIpc) is 1.85. The molecule has 0 atom stereocenters. The second kappa shape index (κ2) is 5.18. The Morgan fingerprint density at radius 2 is 2.00 bits per heavy atom. The van der Waals surface area contributed by atoms with E-state index in [-0.39, 0.29) is 0 Å². The van der Waals surface area contributed by atoms with Crippen LogP contribution in [0.25, 0.3) is 0 Å². The molecule has 0 aromatic carbocycles. The summed E-state index contributed by atoms with van der Waals surface area (Å²) in [5.74, 6) is 0. The first kappa shape index (κ1) is 9.37. The van der Waals surface area contributed by atoms with Crippen molar-refractivity contribution in [1.29, 1.82) is 0 Å². The summed E-state index contributed by atoms with van der Waals surface area (Å²) in [5, 5.41) is 2.97. The van der Waals surface area contributed by atoms with Crippen molar-refractivity contribution in [2.24, 2.45) is 0 Å². The van der Waals surface area contributed by atoms with Crippen molar-refractivity contribution < 1.29 is 0 Å². The largest absolute Gasteiger partial charge is 0.353 e. The molecule has 0 heterocycles. The maximum Gasteiger partial charge on any atom is 0.102 e. The third-order valence-corrected chi connectivity index (χ3v) is 1.08. The van der Waals surface area contributed by atoms with E-state index in [4.69, 9.17) is 12.2 Å². The van der Waals surface area contributed by atoms with Crippen LogP contribution in [-0.4, -0.2) is 4.99 Å². The van der Waals surface area contributed by atoms with E-state index in [1.807, 2.05) is 39.1 Å². The van der Waals surface area contributed by atoms with E-state index in [9.17, 15) is 0 Å². The van der Waals surface area contributed by atoms with Crippen molar-refractivity contribution in [3.05, 3.63) is 23.9 Å². The van der Waals surface area contributed by atoms with Gasteiger partial charge in [-0.2, -0.15) is 0 Å². The Kier molecular flexibility index (Phi) is 4.85. The molecule has 56 valence electrons. The minimum Gasteiger partial charge on any atom is -0.353 e. The first-order valence-electron chi connectivity index (χ1n) is 3.23. The van der Waals surface area contributed by atoms with Gasteiger partial charge in [0, 0.05) is 6.20 Å². The molecular formula is C8H13NS. The predicted octanol–water partition coefficient (Wildman–Crippen LogP) is 2.40. The topological polar surface area (TPSA) is 12.0 Å². The standard InChI is InChI=1S/C8H13NS/c1-4-5-8(10)9-6-7(2)3/h4-6H,1-3H3,(H,9,10)/b5-4-. The van der Waals surface area contributed by atoms with Crippen LogP contribution in [0, 0.1) is 0 Å². The first-order chi connectivity index (χ1) is 4.66. The van der Waals surface area contributed by atoms with Crippen LogP contribution in [0.4, 0.5) is 0 Å². The van der Waals surface area contributed by atoms with Gasteiger partial charge in [0.1, 0.15) is 4.99 Å². The maximum atomic E-state index is 4.93. The monoisotopic (exact) mass is 155 g/mol. The molecule has 2 heteroatoms. The number of thiocarbonyl (C=S) groups is 1. The highest BCUT2D eigenvalue weighted by molar-refractivity contribution is 7.80. The smallest absolute Gasteiger partial charge is 0.102 e. The zero-order valence-electron chi connectivity index (χ0n) is 6.64. The van der Waals surface area contributed by atoms with E-state index in [0.29, 0.717) is 0 Å². The minimum absolute atomic E-state index is 0.753. The van der Waals surface area contributed by atoms with Gasteiger partial charge in [-0.15, -0.1) is 0 Å². The Hall–Kier alpha value is -0.630. The van der Waals surface area contributed by atoms with Crippen molar-refractivity contribution >= 4 is 17.2 Å². The van der Waals surface area contributed by atoms with E-state index in [1.54, 1.807) is 0 Å². The predicted molar refractivity (Wildman–Crippen MR) is 50.0 cm³/mol. The molecule has 0 rings (SSSR count). The summed E-state index contributed by atoms with van der Waals surface area (Å²) in [6.45, 7) is 5.98. The Morgan fingerprint density at radius 3 is 2.40 bits per heavy atom. The molecule has 0 saturated heterocycles.